The fourth-order valence-corrected chi connectivity index (χ4v) is 3.85. The van der Waals surface area contributed by atoms with Crippen molar-refractivity contribution in [2.24, 2.45) is 0 Å². The average Bonchev–Trinajstić information content (AvgIpc) is 2.83. The van der Waals surface area contributed by atoms with E-state index in [9.17, 15) is 18.7 Å². The molecule has 0 saturated carbocycles. The van der Waals surface area contributed by atoms with Crippen molar-refractivity contribution in [2.75, 3.05) is 0 Å². The molecular formula is C26H24ClF2N5O3. The van der Waals surface area contributed by atoms with Gasteiger partial charge in [-0.15, -0.1) is 0 Å². The quantitative estimate of drug-likeness (QED) is 0.386. The van der Waals surface area contributed by atoms with Crippen molar-refractivity contribution in [1.82, 2.24) is 24.5 Å². The molecular weight excluding hydrogens is 504 g/mol. The number of halogens is 3. The van der Waals surface area contributed by atoms with Crippen LogP contribution in [0.2, 0.25) is 5.02 Å². The third-order valence-electron chi connectivity index (χ3n) is 5.74. The number of aryl methyl sites for hydroxylation is 2. The van der Waals surface area contributed by atoms with E-state index in [0.717, 1.165) is 11.8 Å². The molecule has 0 atom stereocenters. The Labute approximate surface area is 216 Å². The lowest BCUT2D eigenvalue weighted by molar-refractivity contribution is 0.0688. The van der Waals surface area contributed by atoms with Crippen LogP contribution in [0.3, 0.4) is 0 Å². The summed E-state index contributed by atoms with van der Waals surface area (Å²) in [7, 11) is 0. The number of rotatable bonds is 6. The zero-order valence-electron chi connectivity index (χ0n) is 20.8. The van der Waals surface area contributed by atoms with E-state index < -0.39 is 22.8 Å². The third kappa shape index (κ3) is 5.35. The molecule has 0 spiro atoms. The lowest BCUT2D eigenvalue weighted by Gasteiger charge is -2.19. The summed E-state index contributed by atoms with van der Waals surface area (Å²) >= 11 is 6.37. The highest BCUT2D eigenvalue weighted by Crippen LogP contribution is 2.29. The van der Waals surface area contributed by atoms with Crippen LogP contribution in [-0.2, 0) is 12.2 Å². The second-order valence-corrected chi connectivity index (χ2v) is 9.41. The molecule has 0 amide bonds. The summed E-state index contributed by atoms with van der Waals surface area (Å²) < 4.78 is 34.1. The van der Waals surface area contributed by atoms with E-state index >= 15 is 0 Å². The summed E-state index contributed by atoms with van der Waals surface area (Å²) in [5.74, 6) is -1.40. The van der Waals surface area contributed by atoms with Gasteiger partial charge in [-0.1, -0.05) is 11.6 Å². The maximum Gasteiger partial charge on any atom is 0.277 e. The Morgan fingerprint density at radius 1 is 1.08 bits per heavy atom. The van der Waals surface area contributed by atoms with Crippen molar-refractivity contribution in [2.45, 2.75) is 46.8 Å². The molecule has 192 valence electrons. The van der Waals surface area contributed by atoms with E-state index in [1.165, 1.54) is 10.8 Å². The smallest absolute Gasteiger partial charge is 0.277 e. The van der Waals surface area contributed by atoms with E-state index in [0.29, 0.717) is 34.5 Å². The first-order valence-electron chi connectivity index (χ1n) is 11.3. The van der Waals surface area contributed by atoms with E-state index in [1.807, 2.05) is 13.8 Å². The predicted octanol–water partition coefficient (Wildman–Crippen LogP) is 4.75. The molecule has 0 radical (unpaired) electrons. The van der Waals surface area contributed by atoms with E-state index in [1.54, 1.807) is 39.0 Å². The summed E-state index contributed by atoms with van der Waals surface area (Å²) in [5, 5.41) is 10.1. The van der Waals surface area contributed by atoms with Crippen LogP contribution in [0.15, 0.2) is 41.5 Å². The number of pyridine rings is 3. The molecule has 0 bridgehead atoms. The van der Waals surface area contributed by atoms with Crippen LogP contribution in [0.25, 0.3) is 17.1 Å². The number of aliphatic hydroxyl groups is 1. The van der Waals surface area contributed by atoms with Crippen LogP contribution in [0, 0.1) is 32.4 Å². The molecule has 0 fully saturated rings. The molecule has 4 heterocycles. The van der Waals surface area contributed by atoms with Gasteiger partial charge in [-0.25, -0.2) is 18.7 Å². The fraction of sp³-hybridized carbons (Fsp3) is 0.269. The molecule has 0 aliphatic heterocycles. The minimum atomic E-state index is -1.25. The Balaban J connectivity index is 1.76. The van der Waals surface area contributed by atoms with E-state index in [4.69, 9.17) is 16.3 Å². The number of nitrogens with zero attached hydrogens (tertiary/aromatic N) is 5. The Morgan fingerprint density at radius 2 is 1.81 bits per heavy atom. The van der Waals surface area contributed by atoms with Gasteiger partial charge in [-0.05, 0) is 52.3 Å². The average molecular weight is 528 g/mol. The fourth-order valence-electron chi connectivity index (χ4n) is 3.66. The van der Waals surface area contributed by atoms with Crippen molar-refractivity contribution >= 4 is 11.6 Å². The molecule has 8 nitrogen and oxygen atoms in total. The number of hydrogen-bond acceptors (Lipinski definition) is 7. The first kappa shape index (κ1) is 26.3. The first-order chi connectivity index (χ1) is 17.4. The standard InChI is InChI=1S/C26H24ClF2N5O3/c1-13-8-22(37-12-20-17(29)9-16(28)11-31-20)23(27)24(35)34(13)21-10-19(32-15(3)14(21)2)18-6-7-30-25(33-18)26(4,5)36/h6-11,36H,12H2,1-5H3. The molecule has 0 unspecified atom stereocenters. The minimum Gasteiger partial charge on any atom is -0.485 e. The number of aromatic nitrogens is 5. The predicted molar refractivity (Wildman–Crippen MR) is 134 cm³/mol. The lowest BCUT2D eigenvalue weighted by atomic mass is 10.1. The van der Waals surface area contributed by atoms with Crippen molar-refractivity contribution in [1.29, 1.82) is 0 Å². The molecule has 4 rings (SSSR count). The maximum atomic E-state index is 13.9. The molecule has 0 aliphatic rings. The summed E-state index contributed by atoms with van der Waals surface area (Å²) in [4.78, 5) is 30.2. The van der Waals surface area contributed by atoms with Crippen molar-refractivity contribution < 1.29 is 18.6 Å². The van der Waals surface area contributed by atoms with Gasteiger partial charge in [0.25, 0.3) is 5.56 Å². The molecule has 4 aromatic rings. The molecule has 0 aromatic carbocycles. The molecule has 0 saturated heterocycles. The van der Waals surface area contributed by atoms with Gasteiger partial charge < -0.3 is 9.84 Å². The highest BCUT2D eigenvalue weighted by molar-refractivity contribution is 6.31. The van der Waals surface area contributed by atoms with Crippen molar-refractivity contribution in [3.8, 4) is 22.8 Å². The van der Waals surface area contributed by atoms with Gasteiger partial charge >= 0.3 is 0 Å². The Morgan fingerprint density at radius 3 is 2.49 bits per heavy atom. The van der Waals surface area contributed by atoms with Crippen molar-refractivity contribution in [3.05, 3.63) is 92.1 Å². The number of hydrogen-bond donors (Lipinski definition) is 1. The third-order valence-corrected chi connectivity index (χ3v) is 6.09. The number of ether oxygens (including phenoxy) is 1. The van der Waals surface area contributed by atoms with Crippen LogP contribution >= 0.6 is 11.6 Å². The SMILES string of the molecule is Cc1nc(-c2ccnc(C(C)(C)O)n2)cc(-n2c(C)cc(OCc3ncc(F)cc3F)c(Cl)c2=O)c1C. The highest BCUT2D eigenvalue weighted by Gasteiger charge is 2.22. The highest BCUT2D eigenvalue weighted by atomic mass is 35.5. The van der Waals surface area contributed by atoms with Gasteiger partial charge in [0.1, 0.15) is 34.5 Å². The van der Waals surface area contributed by atoms with Gasteiger partial charge in [-0.2, -0.15) is 0 Å². The second kappa shape index (κ2) is 9.95. The van der Waals surface area contributed by atoms with Crippen LogP contribution in [0.5, 0.6) is 5.75 Å². The molecule has 0 aliphatic carbocycles. The molecule has 1 N–H and O–H groups in total. The molecule has 11 heteroatoms. The summed E-state index contributed by atoms with van der Waals surface area (Å²) in [5.41, 5.74) is 1.47. The van der Waals surface area contributed by atoms with Crippen LogP contribution < -0.4 is 10.3 Å². The zero-order valence-corrected chi connectivity index (χ0v) is 21.6. The minimum absolute atomic E-state index is 0.0419. The Kier molecular flexibility index (Phi) is 7.07. The van der Waals surface area contributed by atoms with Crippen LogP contribution in [-0.4, -0.2) is 29.6 Å². The van der Waals surface area contributed by atoms with Gasteiger partial charge in [0.2, 0.25) is 0 Å². The monoisotopic (exact) mass is 527 g/mol. The Hall–Kier alpha value is -3.76. The van der Waals surface area contributed by atoms with Gasteiger partial charge in [0, 0.05) is 29.7 Å². The summed E-state index contributed by atoms with van der Waals surface area (Å²) in [6.45, 7) is 8.17. The topological polar surface area (TPSA) is 103 Å². The Bertz CT molecular complexity index is 1570. The maximum absolute atomic E-state index is 13.9. The normalized spacial score (nSPS) is 11.6. The second-order valence-electron chi connectivity index (χ2n) is 9.04. The largest absolute Gasteiger partial charge is 0.485 e. The summed E-state index contributed by atoms with van der Waals surface area (Å²) in [6.07, 6.45) is 2.41. The van der Waals surface area contributed by atoms with Crippen LogP contribution in [0.1, 0.15) is 42.3 Å². The molecule has 37 heavy (non-hydrogen) atoms. The zero-order chi connectivity index (χ0) is 27.1. The summed E-state index contributed by atoms with van der Waals surface area (Å²) in [6, 6.07) is 5.63. The van der Waals surface area contributed by atoms with Crippen molar-refractivity contribution in [3.63, 3.8) is 0 Å². The van der Waals surface area contributed by atoms with Crippen LogP contribution in [0.4, 0.5) is 8.78 Å². The molecule has 4 aromatic heterocycles. The lowest BCUT2D eigenvalue weighted by Crippen LogP contribution is -2.23. The first-order valence-corrected chi connectivity index (χ1v) is 11.6. The van der Waals surface area contributed by atoms with Gasteiger partial charge in [0.15, 0.2) is 11.6 Å². The van der Waals surface area contributed by atoms with Gasteiger partial charge in [-0.3, -0.25) is 19.3 Å². The van der Waals surface area contributed by atoms with E-state index in [-0.39, 0.29) is 28.9 Å². The van der Waals surface area contributed by atoms with Gasteiger partial charge in [0.05, 0.1) is 23.3 Å². The van der Waals surface area contributed by atoms with E-state index in [2.05, 4.69) is 19.9 Å².